The molecule has 0 bridgehead atoms. The number of benzene rings is 1. The predicted molar refractivity (Wildman–Crippen MR) is 73.4 cm³/mol. The van der Waals surface area contributed by atoms with E-state index < -0.39 is 0 Å². The summed E-state index contributed by atoms with van der Waals surface area (Å²) in [6.07, 6.45) is 3.85. The Morgan fingerprint density at radius 3 is 2.78 bits per heavy atom. The van der Waals surface area contributed by atoms with E-state index in [1.807, 2.05) is 0 Å². The Morgan fingerprint density at radius 2 is 2.06 bits per heavy atom. The molecule has 1 rings (SSSR count). The number of hydrogen-bond donors (Lipinski definition) is 1. The van der Waals surface area contributed by atoms with Gasteiger partial charge in [0, 0.05) is 19.9 Å². The minimum Gasteiger partial charge on any atom is -0.489 e. The smallest absolute Gasteiger partial charge is 0.188 e. The zero-order valence-electron chi connectivity index (χ0n) is 11.1. The maximum atomic E-state index is 13.7. The summed E-state index contributed by atoms with van der Waals surface area (Å²) >= 11 is 0. The first-order valence-electron chi connectivity index (χ1n) is 6.34. The van der Waals surface area contributed by atoms with E-state index in [0.29, 0.717) is 18.7 Å². The molecular formula is C15H20FNO. The summed E-state index contributed by atoms with van der Waals surface area (Å²) in [5.74, 6) is 6.03. The fourth-order valence-electron chi connectivity index (χ4n) is 1.47. The number of rotatable bonds is 6. The van der Waals surface area contributed by atoms with Gasteiger partial charge in [-0.3, -0.25) is 0 Å². The van der Waals surface area contributed by atoms with Crippen molar-refractivity contribution < 1.29 is 9.13 Å². The van der Waals surface area contributed by atoms with Crippen molar-refractivity contribution in [1.82, 2.24) is 0 Å². The molecule has 98 valence electrons. The Balaban J connectivity index is 2.37. The second-order valence-corrected chi connectivity index (χ2v) is 3.92. The Kier molecular flexibility index (Phi) is 6.71. The molecule has 1 aromatic carbocycles. The second-order valence-electron chi connectivity index (χ2n) is 3.92. The fourth-order valence-corrected chi connectivity index (χ4v) is 1.47. The summed E-state index contributed by atoms with van der Waals surface area (Å²) in [6.45, 7) is 2.56. The molecule has 1 N–H and O–H groups in total. The van der Waals surface area contributed by atoms with Crippen LogP contribution < -0.4 is 10.1 Å². The highest BCUT2D eigenvalue weighted by molar-refractivity contribution is 5.49. The molecule has 0 aromatic heterocycles. The Hall–Kier alpha value is -1.69. The number of hydrogen-bond acceptors (Lipinski definition) is 2. The van der Waals surface area contributed by atoms with Crippen LogP contribution in [0.1, 0.15) is 32.6 Å². The van der Waals surface area contributed by atoms with E-state index in [9.17, 15) is 4.39 Å². The van der Waals surface area contributed by atoms with Crippen LogP contribution in [0.25, 0.3) is 0 Å². The fraction of sp³-hybridized carbons (Fsp3) is 0.467. The molecule has 18 heavy (non-hydrogen) atoms. The van der Waals surface area contributed by atoms with Gasteiger partial charge in [-0.2, -0.15) is 0 Å². The highest BCUT2D eigenvalue weighted by Gasteiger charge is 2.06. The second kappa shape index (κ2) is 8.41. The summed E-state index contributed by atoms with van der Waals surface area (Å²) in [5, 5.41) is 2.78. The van der Waals surface area contributed by atoms with Crippen molar-refractivity contribution in [3.05, 3.63) is 24.0 Å². The number of unbranched alkanes of at least 4 members (excludes halogenated alkanes) is 2. The molecule has 0 aliphatic heterocycles. The highest BCUT2D eigenvalue weighted by atomic mass is 19.1. The minimum absolute atomic E-state index is 0.275. The van der Waals surface area contributed by atoms with Gasteiger partial charge in [0.1, 0.15) is 0 Å². The first-order chi connectivity index (χ1) is 8.79. The van der Waals surface area contributed by atoms with Crippen LogP contribution in [0.4, 0.5) is 10.1 Å². The SMILES string of the molecule is CCCCC#CCCOc1cccc(NC)c1F. The normalized spacial score (nSPS) is 9.50. The van der Waals surface area contributed by atoms with Gasteiger partial charge in [-0.05, 0) is 18.6 Å². The maximum Gasteiger partial charge on any atom is 0.188 e. The zero-order valence-corrected chi connectivity index (χ0v) is 11.1. The summed E-state index contributed by atoms with van der Waals surface area (Å²) in [4.78, 5) is 0. The molecule has 2 nitrogen and oxygen atoms in total. The molecule has 0 radical (unpaired) electrons. The van der Waals surface area contributed by atoms with Crippen LogP contribution in [-0.2, 0) is 0 Å². The molecule has 0 atom stereocenters. The largest absolute Gasteiger partial charge is 0.489 e. The molecular weight excluding hydrogens is 229 g/mol. The van der Waals surface area contributed by atoms with E-state index in [4.69, 9.17) is 4.74 Å². The minimum atomic E-state index is -0.348. The van der Waals surface area contributed by atoms with E-state index >= 15 is 0 Å². The number of ether oxygens (including phenoxy) is 1. The standard InChI is InChI=1S/C15H20FNO/c1-3-4-5-6-7-8-12-18-14-11-9-10-13(17-2)15(14)16/h9-11,17H,3-5,8,12H2,1-2H3. The van der Waals surface area contributed by atoms with Gasteiger partial charge in [0.2, 0.25) is 0 Å². The van der Waals surface area contributed by atoms with Crippen molar-refractivity contribution >= 4 is 5.69 Å². The van der Waals surface area contributed by atoms with Gasteiger partial charge in [-0.1, -0.05) is 25.3 Å². The van der Waals surface area contributed by atoms with Crippen LogP contribution in [0.3, 0.4) is 0 Å². The van der Waals surface area contributed by atoms with Crippen molar-refractivity contribution in [1.29, 1.82) is 0 Å². The molecule has 0 fully saturated rings. The first kappa shape index (κ1) is 14.4. The Morgan fingerprint density at radius 1 is 1.28 bits per heavy atom. The van der Waals surface area contributed by atoms with Gasteiger partial charge >= 0.3 is 0 Å². The van der Waals surface area contributed by atoms with Crippen molar-refractivity contribution in [3.8, 4) is 17.6 Å². The average molecular weight is 249 g/mol. The topological polar surface area (TPSA) is 21.3 Å². The van der Waals surface area contributed by atoms with Crippen LogP contribution in [0, 0.1) is 17.7 Å². The first-order valence-corrected chi connectivity index (χ1v) is 6.34. The maximum absolute atomic E-state index is 13.7. The van der Waals surface area contributed by atoms with E-state index in [2.05, 4.69) is 24.1 Å². The van der Waals surface area contributed by atoms with Crippen molar-refractivity contribution in [3.63, 3.8) is 0 Å². The lowest BCUT2D eigenvalue weighted by atomic mass is 10.2. The molecule has 0 unspecified atom stereocenters. The summed E-state index contributed by atoms with van der Waals surface area (Å²) in [7, 11) is 1.68. The lowest BCUT2D eigenvalue weighted by Gasteiger charge is -2.08. The predicted octanol–water partition coefficient (Wildman–Crippen LogP) is 3.83. The summed E-state index contributed by atoms with van der Waals surface area (Å²) < 4.78 is 19.1. The molecule has 0 saturated heterocycles. The monoisotopic (exact) mass is 249 g/mol. The van der Waals surface area contributed by atoms with Gasteiger partial charge in [0.25, 0.3) is 0 Å². The Bertz CT molecular complexity index is 420. The Labute approximate surface area is 109 Å². The molecule has 0 aliphatic rings. The third kappa shape index (κ3) is 4.67. The van der Waals surface area contributed by atoms with Crippen molar-refractivity contribution in [2.45, 2.75) is 32.6 Å². The van der Waals surface area contributed by atoms with Crippen LogP contribution in [0.2, 0.25) is 0 Å². The van der Waals surface area contributed by atoms with E-state index in [1.54, 1.807) is 25.2 Å². The molecule has 3 heteroatoms. The van der Waals surface area contributed by atoms with Gasteiger partial charge in [0.05, 0.1) is 12.3 Å². The molecule has 1 aromatic rings. The molecule has 0 amide bonds. The average Bonchev–Trinajstić information content (AvgIpc) is 2.39. The zero-order chi connectivity index (χ0) is 13.2. The third-order valence-electron chi connectivity index (χ3n) is 2.50. The van der Waals surface area contributed by atoms with E-state index in [-0.39, 0.29) is 11.6 Å². The highest BCUT2D eigenvalue weighted by Crippen LogP contribution is 2.23. The number of nitrogens with one attached hydrogen (secondary N) is 1. The summed E-state index contributed by atoms with van der Waals surface area (Å²) in [6, 6.07) is 5.06. The quantitative estimate of drug-likeness (QED) is 0.611. The van der Waals surface area contributed by atoms with Crippen LogP contribution in [0.15, 0.2) is 18.2 Å². The van der Waals surface area contributed by atoms with Gasteiger partial charge < -0.3 is 10.1 Å². The van der Waals surface area contributed by atoms with Gasteiger partial charge in [-0.25, -0.2) is 4.39 Å². The van der Waals surface area contributed by atoms with E-state index in [1.165, 1.54) is 0 Å². The number of anilines is 1. The number of halogens is 1. The third-order valence-corrected chi connectivity index (χ3v) is 2.50. The lowest BCUT2D eigenvalue weighted by Crippen LogP contribution is -2.00. The van der Waals surface area contributed by atoms with Gasteiger partial charge in [0.15, 0.2) is 11.6 Å². The molecule has 0 saturated carbocycles. The van der Waals surface area contributed by atoms with E-state index in [0.717, 1.165) is 19.3 Å². The van der Waals surface area contributed by atoms with Gasteiger partial charge in [-0.15, -0.1) is 5.92 Å². The lowest BCUT2D eigenvalue weighted by molar-refractivity contribution is 0.310. The molecule has 0 heterocycles. The summed E-state index contributed by atoms with van der Waals surface area (Å²) in [5.41, 5.74) is 0.446. The van der Waals surface area contributed by atoms with Crippen LogP contribution in [0.5, 0.6) is 5.75 Å². The van der Waals surface area contributed by atoms with Crippen molar-refractivity contribution in [2.75, 3.05) is 19.0 Å². The van der Waals surface area contributed by atoms with Crippen LogP contribution >= 0.6 is 0 Å². The molecule has 0 spiro atoms. The van der Waals surface area contributed by atoms with Crippen LogP contribution in [-0.4, -0.2) is 13.7 Å². The molecule has 0 aliphatic carbocycles. The van der Waals surface area contributed by atoms with Crippen molar-refractivity contribution in [2.24, 2.45) is 0 Å².